The summed E-state index contributed by atoms with van der Waals surface area (Å²) in [6.45, 7) is 1.86. The number of benzene rings is 1. The van der Waals surface area contributed by atoms with Crippen LogP contribution in [0.5, 0.6) is 0 Å². The summed E-state index contributed by atoms with van der Waals surface area (Å²) in [6, 6.07) is 10.6. The zero-order chi connectivity index (χ0) is 15.8. The van der Waals surface area contributed by atoms with Crippen LogP contribution in [-0.2, 0) is 4.79 Å². The molecule has 0 aliphatic carbocycles. The van der Waals surface area contributed by atoms with E-state index in [0.717, 1.165) is 17.4 Å². The predicted octanol–water partition coefficient (Wildman–Crippen LogP) is 3.38. The van der Waals surface area contributed by atoms with Crippen molar-refractivity contribution in [3.63, 3.8) is 0 Å². The first-order valence-electron chi connectivity index (χ1n) is 7.18. The first-order chi connectivity index (χ1) is 10.7. The molecule has 0 saturated carbocycles. The Balaban J connectivity index is 0.00000264. The molecule has 4 nitrogen and oxygen atoms in total. The van der Waals surface area contributed by atoms with Gasteiger partial charge in [0.15, 0.2) is 0 Å². The second-order valence-electron chi connectivity index (χ2n) is 4.83. The average Bonchev–Trinajstić information content (AvgIpc) is 2.58. The molecule has 0 bridgehead atoms. The topological polar surface area (TPSA) is 59.1 Å². The molecule has 0 fully saturated rings. The summed E-state index contributed by atoms with van der Waals surface area (Å²) in [5.74, 6) is -0.242. The number of hydrogen-bond acceptors (Lipinski definition) is 3. The lowest BCUT2D eigenvalue weighted by atomic mass is 10.0. The third-order valence-electron chi connectivity index (χ3n) is 3.29. The molecular formula is C18H19ClN2O2. The number of nitrogens with one attached hydrogen (secondary N) is 1. The van der Waals surface area contributed by atoms with Crippen LogP contribution in [0.4, 0.5) is 0 Å². The molecule has 1 atom stereocenters. The number of pyridine rings is 1. The van der Waals surface area contributed by atoms with E-state index in [1.165, 1.54) is 0 Å². The van der Waals surface area contributed by atoms with E-state index in [1.807, 2.05) is 43.3 Å². The van der Waals surface area contributed by atoms with E-state index in [0.29, 0.717) is 12.0 Å². The number of carbonyl (C=O) groups excluding carboxylic acids is 2. The highest BCUT2D eigenvalue weighted by atomic mass is 35.5. The quantitative estimate of drug-likeness (QED) is 0.826. The maximum atomic E-state index is 12.3. The smallest absolute Gasteiger partial charge is 0.252 e. The van der Waals surface area contributed by atoms with Gasteiger partial charge < -0.3 is 10.1 Å². The van der Waals surface area contributed by atoms with Crippen molar-refractivity contribution in [3.05, 3.63) is 65.5 Å². The summed E-state index contributed by atoms with van der Waals surface area (Å²) in [7, 11) is 0. The maximum Gasteiger partial charge on any atom is 0.252 e. The van der Waals surface area contributed by atoms with Crippen LogP contribution >= 0.6 is 12.4 Å². The fourth-order valence-electron chi connectivity index (χ4n) is 1.99. The Morgan fingerprint density at radius 3 is 2.52 bits per heavy atom. The summed E-state index contributed by atoms with van der Waals surface area (Å²) >= 11 is 0. The molecule has 5 heteroatoms. The third-order valence-corrected chi connectivity index (χ3v) is 3.29. The summed E-state index contributed by atoms with van der Waals surface area (Å²) in [5, 5.41) is 2.72. The minimum absolute atomic E-state index is 0. The fourth-order valence-corrected chi connectivity index (χ4v) is 1.99. The molecule has 2 aromatic rings. The molecule has 0 saturated heterocycles. The van der Waals surface area contributed by atoms with Gasteiger partial charge in [-0.25, -0.2) is 0 Å². The van der Waals surface area contributed by atoms with Crippen molar-refractivity contribution in [3.8, 4) is 0 Å². The zero-order valence-electron chi connectivity index (χ0n) is 12.8. The van der Waals surface area contributed by atoms with Crippen molar-refractivity contribution in [2.24, 2.45) is 0 Å². The van der Waals surface area contributed by atoms with Crippen LogP contribution in [0.2, 0.25) is 0 Å². The van der Waals surface area contributed by atoms with Crippen molar-refractivity contribution >= 4 is 36.8 Å². The summed E-state index contributed by atoms with van der Waals surface area (Å²) in [5.41, 5.74) is 2.36. The molecule has 0 radical (unpaired) electrons. The highest BCUT2D eigenvalue weighted by Gasteiger charge is 2.13. The van der Waals surface area contributed by atoms with Crippen molar-refractivity contribution in [2.45, 2.75) is 19.4 Å². The van der Waals surface area contributed by atoms with Crippen LogP contribution in [0.3, 0.4) is 0 Å². The van der Waals surface area contributed by atoms with Crippen molar-refractivity contribution in [1.29, 1.82) is 0 Å². The second-order valence-corrected chi connectivity index (χ2v) is 4.83. The summed E-state index contributed by atoms with van der Waals surface area (Å²) < 4.78 is 0. The van der Waals surface area contributed by atoms with Gasteiger partial charge in [0, 0.05) is 18.0 Å². The lowest BCUT2D eigenvalue weighted by Gasteiger charge is -2.11. The van der Waals surface area contributed by atoms with Gasteiger partial charge in [0.1, 0.15) is 6.29 Å². The number of aromatic nitrogens is 1. The van der Waals surface area contributed by atoms with Gasteiger partial charge in [-0.3, -0.25) is 9.78 Å². The van der Waals surface area contributed by atoms with E-state index in [-0.39, 0.29) is 18.3 Å². The van der Waals surface area contributed by atoms with Gasteiger partial charge in [0.2, 0.25) is 0 Å². The maximum absolute atomic E-state index is 12.3. The lowest BCUT2D eigenvalue weighted by Crippen LogP contribution is -2.35. The number of amides is 1. The largest absolute Gasteiger partial charge is 0.343 e. The number of carbonyl (C=O) groups is 2. The molecule has 120 valence electrons. The molecule has 0 spiro atoms. The van der Waals surface area contributed by atoms with E-state index >= 15 is 0 Å². The Morgan fingerprint density at radius 2 is 1.87 bits per heavy atom. The van der Waals surface area contributed by atoms with Crippen LogP contribution in [-0.4, -0.2) is 23.2 Å². The van der Waals surface area contributed by atoms with E-state index in [2.05, 4.69) is 10.3 Å². The van der Waals surface area contributed by atoms with Gasteiger partial charge >= 0.3 is 0 Å². The van der Waals surface area contributed by atoms with E-state index in [4.69, 9.17) is 0 Å². The van der Waals surface area contributed by atoms with Crippen molar-refractivity contribution < 1.29 is 9.59 Å². The number of nitrogens with zero attached hydrogens (tertiary/aromatic N) is 1. The monoisotopic (exact) mass is 330 g/mol. The Hall–Kier alpha value is -2.46. The zero-order valence-corrected chi connectivity index (χ0v) is 13.6. The normalized spacial score (nSPS) is 11.5. The van der Waals surface area contributed by atoms with Crippen molar-refractivity contribution in [2.75, 3.05) is 0 Å². The van der Waals surface area contributed by atoms with Crippen molar-refractivity contribution in [1.82, 2.24) is 10.3 Å². The lowest BCUT2D eigenvalue weighted by molar-refractivity contribution is -0.109. The number of hydrogen-bond donors (Lipinski definition) is 1. The molecule has 23 heavy (non-hydrogen) atoms. The van der Waals surface area contributed by atoms with Crippen LogP contribution < -0.4 is 5.32 Å². The molecule has 2 rings (SSSR count). The van der Waals surface area contributed by atoms with Crippen LogP contribution in [0, 0.1) is 0 Å². The first-order valence-corrected chi connectivity index (χ1v) is 7.18. The highest BCUT2D eigenvalue weighted by molar-refractivity contribution is 5.99. The number of halogens is 1. The molecule has 1 aromatic carbocycles. The van der Waals surface area contributed by atoms with Gasteiger partial charge in [-0.1, -0.05) is 37.3 Å². The molecule has 1 unspecified atom stereocenters. The standard InChI is InChI=1S/C18H18N2O2.ClH/c1-2-16(13-21)20-18(22)17-6-4-3-5-15(17)8-7-14-9-11-19-12-10-14;/h3-13,16H,2H2,1H3,(H,20,22);1H/b8-7+;. The van der Waals surface area contributed by atoms with Crippen LogP contribution in [0.15, 0.2) is 48.8 Å². The molecular weight excluding hydrogens is 312 g/mol. The van der Waals surface area contributed by atoms with Crippen LogP contribution in [0.1, 0.15) is 34.8 Å². The van der Waals surface area contributed by atoms with E-state index in [1.54, 1.807) is 24.5 Å². The van der Waals surface area contributed by atoms with Gasteiger partial charge in [-0.05, 0) is 35.7 Å². The fraction of sp³-hybridized carbons (Fsp3) is 0.167. The Labute approximate surface area is 142 Å². The minimum Gasteiger partial charge on any atom is -0.343 e. The summed E-state index contributed by atoms with van der Waals surface area (Å²) in [4.78, 5) is 27.1. The van der Waals surface area contributed by atoms with E-state index < -0.39 is 6.04 Å². The second kappa shape index (κ2) is 9.54. The molecule has 1 amide bonds. The Morgan fingerprint density at radius 1 is 1.17 bits per heavy atom. The predicted molar refractivity (Wildman–Crippen MR) is 94.5 cm³/mol. The molecule has 1 heterocycles. The van der Waals surface area contributed by atoms with Gasteiger partial charge in [0.25, 0.3) is 5.91 Å². The molecule has 1 aromatic heterocycles. The van der Waals surface area contributed by atoms with Crippen LogP contribution in [0.25, 0.3) is 12.2 Å². The van der Waals surface area contributed by atoms with E-state index in [9.17, 15) is 9.59 Å². The minimum atomic E-state index is -0.454. The molecule has 1 N–H and O–H groups in total. The number of aldehydes is 1. The average molecular weight is 331 g/mol. The molecule has 0 aliphatic rings. The summed E-state index contributed by atoms with van der Waals surface area (Å²) in [6.07, 6.45) is 8.57. The highest BCUT2D eigenvalue weighted by Crippen LogP contribution is 2.13. The first kappa shape index (κ1) is 18.6. The molecule has 0 aliphatic heterocycles. The van der Waals surface area contributed by atoms with Gasteiger partial charge in [-0.2, -0.15) is 0 Å². The Kier molecular flexibility index (Phi) is 7.71. The number of rotatable bonds is 6. The SMILES string of the molecule is CCC(C=O)NC(=O)c1ccccc1/C=C/c1ccncc1.Cl. The van der Waals surface area contributed by atoms with Gasteiger partial charge in [-0.15, -0.1) is 12.4 Å². The van der Waals surface area contributed by atoms with Gasteiger partial charge in [0.05, 0.1) is 6.04 Å². The Bertz CT molecular complexity index is 672. The third kappa shape index (κ3) is 5.34.